The lowest BCUT2D eigenvalue weighted by atomic mass is 9.94. The normalized spacial score (nSPS) is 17.7. The molecule has 1 heterocycles. The molecule has 0 aliphatic carbocycles. The molecule has 0 radical (unpaired) electrons. The summed E-state index contributed by atoms with van der Waals surface area (Å²) >= 11 is 11.7. The minimum atomic E-state index is -0.275. The molecule has 1 nitrogen and oxygen atoms in total. The predicted octanol–water partition coefficient (Wildman–Crippen LogP) is 5.27. The van der Waals surface area contributed by atoms with Crippen LogP contribution in [0.3, 0.4) is 0 Å². The molecule has 0 spiro atoms. The summed E-state index contributed by atoms with van der Waals surface area (Å²) in [4.78, 5) is 5.72. The Bertz CT molecular complexity index is 798. The number of benzene rings is 2. The molecule has 2 aromatic carbocycles. The number of hydrogen-bond acceptors (Lipinski definition) is 2. The number of rotatable bonds is 2. The molecular weight excluding hydrogens is 329 g/mol. The van der Waals surface area contributed by atoms with Gasteiger partial charge in [0, 0.05) is 27.4 Å². The molecule has 0 saturated heterocycles. The van der Waals surface area contributed by atoms with E-state index in [2.05, 4.69) is 13.8 Å². The molecule has 1 atom stereocenters. The molecular formula is C19H17ClFNS. The van der Waals surface area contributed by atoms with Gasteiger partial charge >= 0.3 is 0 Å². The summed E-state index contributed by atoms with van der Waals surface area (Å²) in [5.74, 6) is -0.0171. The van der Waals surface area contributed by atoms with E-state index in [-0.39, 0.29) is 17.8 Å². The van der Waals surface area contributed by atoms with Crippen molar-refractivity contribution in [3.05, 3.63) is 70.0 Å². The van der Waals surface area contributed by atoms with Gasteiger partial charge in [-0.2, -0.15) is 0 Å². The summed E-state index contributed by atoms with van der Waals surface area (Å²) in [6.45, 7) is 4.17. The first-order chi connectivity index (χ1) is 11.0. The molecule has 0 fully saturated rings. The molecule has 0 aromatic heterocycles. The summed E-state index contributed by atoms with van der Waals surface area (Å²) in [7, 11) is 0. The first-order valence-corrected chi connectivity index (χ1v) is 8.40. The fourth-order valence-electron chi connectivity index (χ4n) is 2.90. The maximum absolute atomic E-state index is 14.4. The van der Waals surface area contributed by atoms with Crippen molar-refractivity contribution in [1.29, 1.82) is 0 Å². The number of halogens is 2. The molecule has 0 saturated carbocycles. The van der Waals surface area contributed by atoms with E-state index in [1.54, 1.807) is 12.1 Å². The van der Waals surface area contributed by atoms with Gasteiger partial charge < -0.3 is 0 Å². The first-order valence-electron chi connectivity index (χ1n) is 7.61. The number of nitrogens with zero attached hydrogens (tertiary/aromatic N) is 1. The molecule has 0 N–H and O–H groups in total. The standard InChI is InChI=1S/C19H17ClFNS/c1-11(2)18-17(23)10-12-9-13(20)7-8-14(12)19(22-18)15-5-3-4-6-16(15)21/h3-9,11,18H,10H2,1-2H3/t18-/m0/s1. The van der Waals surface area contributed by atoms with Gasteiger partial charge in [-0.05, 0) is 35.7 Å². The summed E-state index contributed by atoms with van der Waals surface area (Å²) in [5, 5.41) is 0.655. The van der Waals surface area contributed by atoms with Crippen molar-refractivity contribution >= 4 is 34.4 Å². The Kier molecular flexibility index (Phi) is 4.60. The van der Waals surface area contributed by atoms with E-state index >= 15 is 0 Å². The van der Waals surface area contributed by atoms with Crippen LogP contribution in [0.25, 0.3) is 0 Å². The maximum atomic E-state index is 14.4. The van der Waals surface area contributed by atoms with Gasteiger partial charge in [0.25, 0.3) is 0 Å². The molecule has 118 valence electrons. The highest BCUT2D eigenvalue weighted by Gasteiger charge is 2.26. The minimum absolute atomic E-state index is 0.106. The van der Waals surface area contributed by atoms with E-state index in [0.717, 1.165) is 16.0 Å². The topological polar surface area (TPSA) is 12.4 Å². The van der Waals surface area contributed by atoms with Gasteiger partial charge in [-0.25, -0.2) is 4.39 Å². The third-order valence-corrected chi connectivity index (χ3v) is 4.67. The highest BCUT2D eigenvalue weighted by atomic mass is 35.5. The molecule has 1 aliphatic heterocycles. The van der Waals surface area contributed by atoms with E-state index in [1.165, 1.54) is 6.07 Å². The molecule has 3 rings (SSSR count). The third-order valence-electron chi connectivity index (χ3n) is 4.05. The zero-order chi connectivity index (χ0) is 16.6. The molecule has 4 heteroatoms. The van der Waals surface area contributed by atoms with E-state index in [4.69, 9.17) is 28.8 Å². The second kappa shape index (κ2) is 6.50. The van der Waals surface area contributed by atoms with Crippen LogP contribution in [0.15, 0.2) is 47.5 Å². The van der Waals surface area contributed by atoms with Crippen molar-refractivity contribution in [2.75, 3.05) is 0 Å². The Labute approximate surface area is 146 Å². The monoisotopic (exact) mass is 345 g/mol. The highest BCUT2D eigenvalue weighted by molar-refractivity contribution is 7.80. The van der Waals surface area contributed by atoms with Gasteiger partial charge in [-0.15, -0.1) is 0 Å². The van der Waals surface area contributed by atoms with Crippen LogP contribution in [0.4, 0.5) is 4.39 Å². The second-order valence-corrected chi connectivity index (χ2v) is 7.05. The summed E-state index contributed by atoms with van der Waals surface area (Å²) in [6.07, 6.45) is 0.634. The Balaban J connectivity index is 2.26. The SMILES string of the molecule is CC(C)[C@@H]1N=C(c2ccccc2F)c2ccc(Cl)cc2CC1=S. The van der Waals surface area contributed by atoms with E-state index in [9.17, 15) is 4.39 Å². The molecule has 1 aliphatic rings. The van der Waals surface area contributed by atoms with Crippen LogP contribution in [0.2, 0.25) is 5.02 Å². The van der Waals surface area contributed by atoms with Crippen LogP contribution in [0, 0.1) is 11.7 Å². The van der Waals surface area contributed by atoms with Crippen molar-refractivity contribution < 1.29 is 4.39 Å². The smallest absolute Gasteiger partial charge is 0.132 e. The molecule has 2 aromatic rings. The second-order valence-electron chi connectivity index (χ2n) is 6.09. The van der Waals surface area contributed by atoms with E-state index < -0.39 is 0 Å². The Morgan fingerprint density at radius 2 is 1.91 bits per heavy atom. The van der Waals surface area contributed by atoms with Crippen LogP contribution in [0.1, 0.15) is 30.5 Å². The summed E-state index contributed by atoms with van der Waals surface area (Å²) < 4.78 is 14.4. The van der Waals surface area contributed by atoms with Crippen LogP contribution < -0.4 is 0 Å². The Morgan fingerprint density at radius 1 is 1.17 bits per heavy atom. The third kappa shape index (κ3) is 3.22. The fourth-order valence-corrected chi connectivity index (χ4v) is 3.58. The fraction of sp³-hybridized carbons (Fsp3) is 0.263. The number of aliphatic imine (C=N–C) groups is 1. The number of thiocarbonyl (C=S) groups is 1. The van der Waals surface area contributed by atoms with Crippen molar-refractivity contribution in [2.45, 2.75) is 26.3 Å². The average Bonchev–Trinajstić information content (AvgIpc) is 2.63. The lowest BCUT2D eigenvalue weighted by Crippen LogP contribution is -2.24. The number of fused-ring (bicyclic) bond motifs is 1. The zero-order valence-electron chi connectivity index (χ0n) is 13.0. The summed E-state index contributed by atoms with van der Waals surface area (Å²) in [5.41, 5.74) is 3.08. The molecule has 0 bridgehead atoms. The van der Waals surface area contributed by atoms with Crippen molar-refractivity contribution in [3.63, 3.8) is 0 Å². The summed E-state index contributed by atoms with van der Waals surface area (Å²) in [6, 6.07) is 12.3. The van der Waals surface area contributed by atoms with Crippen molar-refractivity contribution in [3.8, 4) is 0 Å². The van der Waals surface area contributed by atoms with Crippen LogP contribution in [-0.4, -0.2) is 16.6 Å². The van der Waals surface area contributed by atoms with Gasteiger partial charge in [-0.1, -0.05) is 55.9 Å². The van der Waals surface area contributed by atoms with Gasteiger partial charge in [0.15, 0.2) is 0 Å². The van der Waals surface area contributed by atoms with E-state index in [1.807, 2.05) is 24.3 Å². The molecule has 0 unspecified atom stereocenters. The molecule has 0 amide bonds. The van der Waals surface area contributed by atoms with Crippen molar-refractivity contribution in [2.24, 2.45) is 10.9 Å². The van der Waals surface area contributed by atoms with Gasteiger partial charge in [0.2, 0.25) is 0 Å². The molecule has 23 heavy (non-hydrogen) atoms. The lowest BCUT2D eigenvalue weighted by molar-refractivity contribution is 0.597. The quantitative estimate of drug-likeness (QED) is 0.676. The average molecular weight is 346 g/mol. The van der Waals surface area contributed by atoms with E-state index in [0.29, 0.717) is 22.7 Å². The van der Waals surface area contributed by atoms with Crippen LogP contribution in [0.5, 0.6) is 0 Å². The largest absolute Gasteiger partial charge is 0.275 e. The Hall–Kier alpha value is -1.58. The van der Waals surface area contributed by atoms with Gasteiger partial charge in [-0.3, -0.25) is 4.99 Å². The zero-order valence-corrected chi connectivity index (χ0v) is 14.6. The Morgan fingerprint density at radius 3 is 2.61 bits per heavy atom. The lowest BCUT2D eigenvalue weighted by Gasteiger charge is -2.17. The maximum Gasteiger partial charge on any atom is 0.132 e. The first kappa shape index (κ1) is 16.3. The highest BCUT2D eigenvalue weighted by Crippen LogP contribution is 2.28. The van der Waals surface area contributed by atoms with Gasteiger partial charge in [0.05, 0.1) is 11.8 Å². The van der Waals surface area contributed by atoms with Crippen LogP contribution in [-0.2, 0) is 6.42 Å². The van der Waals surface area contributed by atoms with Gasteiger partial charge in [0.1, 0.15) is 5.82 Å². The van der Waals surface area contributed by atoms with Crippen molar-refractivity contribution in [1.82, 2.24) is 0 Å². The van der Waals surface area contributed by atoms with Crippen LogP contribution >= 0.6 is 23.8 Å². The minimum Gasteiger partial charge on any atom is -0.275 e. The number of hydrogen-bond donors (Lipinski definition) is 0. The predicted molar refractivity (Wildman–Crippen MR) is 98.4 cm³/mol.